The first-order valence-electron chi connectivity index (χ1n) is 5.61. The van der Waals surface area contributed by atoms with Crippen LogP contribution in [-0.4, -0.2) is 28.6 Å². The van der Waals surface area contributed by atoms with Crippen LogP contribution in [0.25, 0.3) is 0 Å². The molecule has 1 aromatic heterocycles. The number of aliphatic carboxylic acids is 1. The number of carbonyl (C=O) groups is 1. The smallest absolute Gasteiger partial charge is 0.303 e. The molecule has 0 bridgehead atoms. The lowest BCUT2D eigenvalue weighted by molar-refractivity contribution is -0.137. The third-order valence-electron chi connectivity index (χ3n) is 2.74. The molecule has 0 aliphatic carbocycles. The van der Waals surface area contributed by atoms with Crippen molar-refractivity contribution in [3.63, 3.8) is 0 Å². The lowest BCUT2D eigenvalue weighted by Gasteiger charge is -2.26. The highest BCUT2D eigenvalue weighted by molar-refractivity contribution is 5.66. The molecule has 90 valence electrons. The fraction of sp³-hybridized carbons (Fsp3) is 0.583. The molecule has 0 fully saturated rings. The Bertz CT molecular complexity index is 308. The SMILES string of the molecule is CCN(Cc1ccco1)C(C)CCC(=O)O. The van der Waals surface area contributed by atoms with Crippen molar-refractivity contribution in [3.8, 4) is 0 Å². The Morgan fingerprint density at radius 2 is 2.38 bits per heavy atom. The van der Waals surface area contributed by atoms with Gasteiger partial charge >= 0.3 is 5.97 Å². The molecule has 0 spiro atoms. The van der Waals surface area contributed by atoms with Gasteiger partial charge in [0.15, 0.2) is 0 Å². The van der Waals surface area contributed by atoms with Crippen LogP contribution in [0.2, 0.25) is 0 Å². The summed E-state index contributed by atoms with van der Waals surface area (Å²) in [6.45, 7) is 5.75. The van der Waals surface area contributed by atoms with Crippen molar-refractivity contribution in [2.75, 3.05) is 6.54 Å². The van der Waals surface area contributed by atoms with E-state index >= 15 is 0 Å². The maximum atomic E-state index is 10.5. The Balaban J connectivity index is 2.43. The summed E-state index contributed by atoms with van der Waals surface area (Å²) in [5.74, 6) is 0.185. The topological polar surface area (TPSA) is 53.7 Å². The van der Waals surface area contributed by atoms with Crippen molar-refractivity contribution in [3.05, 3.63) is 24.2 Å². The summed E-state index contributed by atoms with van der Waals surface area (Å²) < 4.78 is 5.28. The second-order valence-corrected chi connectivity index (χ2v) is 3.92. The minimum Gasteiger partial charge on any atom is -0.481 e. The quantitative estimate of drug-likeness (QED) is 0.774. The van der Waals surface area contributed by atoms with Gasteiger partial charge < -0.3 is 9.52 Å². The van der Waals surface area contributed by atoms with Crippen molar-refractivity contribution < 1.29 is 14.3 Å². The minimum absolute atomic E-state index is 0.218. The molecule has 1 unspecified atom stereocenters. The van der Waals surface area contributed by atoms with E-state index in [1.54, 1.807) is 6.26 Å². The van der Waals surface area contributed by atoms with Crippen LogP contribution in [-0.2, 0) is 11.3 Å². The van der Waals surface area contributed by atoms with Gasteiger partial charge in [0.1, 0.15) is 5.76 Å². The zero-order chi connectivity index (χ0) is 12.0. The average Bonchev–Trinajstić information content (AvgIpc) is 2.75. The molecule has 0 saturated heterocycles. The van der Waals surface area contributed by atoms with Crippen LogP contribution in [0.1, 0.15) is 32.4 Å². The summed E-state index contributed by atoms with van der Waals surface area (Å²) in [5.41, 5.74) is 0. The van der Waals surface area contributed by atoms with Gasteiger partial charge in [0.05, 0.1) is 12.8 Å². The first kappa shape index (κ1) is 12.8. The van der Waals surface area contributed by atoms with E-state index < -0.39 is 5.97 Å². The van der Waals surface area contributed by atoms with Gasteiger partial charge in [-0.3, -0.25) is 9.69 Å². The van der Waals surface area contributed by atoms with Crippen molar-refractivity contribution in [1.82, 2.24) is 4.90 Å². The first-order valence-corrected chi connectivity index (χ1v) is 5.61. The lowest BCUT2D eigenvalue weighted by atomic mass is 10.1. The molecule has 1 atom stereocenters. The van der Waals surface area contributed by atoms with Crippen LogP contribution < -0.4 is 0 Å². The normalized spacial score (nSPS) is 12.9. The Labute approximate surface area is 95.9 Å². The molecule has 1 heterocycles. The zero-order valence-corrected chi connectivity index (χ0v) is 9.85. The highest BCUT2D eigenvalue weighted by Crippen LogP contribution is 2.12. The Kier molecular flexibility index (Phi) is 5.05. The van der Waals surface area contributed by atoms with Crippen LogP contribution >= 0.6 is 0 Å². The third kappa shape index (κ3) is 4.06. The highest BCUT2D eigenvalue weighted by Gasteiger charge is 2.14. The fourth-order valence-corrected chi connectivity index (χ4v) is 1.70. The van der Waals surface area contributed by atoms with E-state index in [1.165, 1.54) is 0 Å². The second kappa shape index (κ2) is 6.33. The standard InChI is InChI=1S/C12H19NO3/c1-3-13(9-11-5-4-8-16-11)10(2)6-7-12(14)15/h4-5,8,10H,3,6-7,9H2,1-2H3,(H,14,15). The van der Waals surface area contributed by atoms with E-state index in [0.29, 0.717) is 6.42 Å². The van der Waals surface area contributed by atoms with Crippen molar-refractivity contribution in [2.24, 2.45) is 0 Å². The Hall–Kier alpha value is -1.29. The van der Waals surface area contributed by atoms with E-state index in [2.05, 4.69) is 18.7 Å². The molecule has 0 radical (unpaired) electrons. The highest BCUT2D eigenvalue weighted by atomic mass is 16.4. The van der Waals surface area contributed by atoms with Crippen molar-refractivity contribution in [1.29, 1.82) is 0 Å². The number of hydrogen-bond donors (Lipinski definition) is 1. The summed E-state index contributed by atoms with van der Waals surface area (Å²) in [5, 5.41) is 8.64. The first-order chi connectivity index (χ1) is 7.63. The van der Waals surface area contributed by atoms with E-state index in [9.17, 15) is 4.79 Å². The maximum Gasteiger partial charge on any atom is 0.303 e. The van der Waals surface area contributed by atoms with Gasteiger partial charge in [-0.05, 0) is 32.0 Å². The summed E-state index contributed by atoms with van der Waals surface area (Å²) >= 11 is 0. The van der Waals surface area contributed by atoms with Crippen LogP contribution in [0.15, 0.2) is 22.8 Å². The van der Waals surface area contributed by atoms with E-state index in [4.69, 9.17) is 9.52 Å². The molecule has 4 heteroatoms. The molecule has 1 rings (SSSR count). The number of carboxylic acids is 1. The zero-order valence-electron chi connectivity index (χ0n) is 9.85. The maximum absolute atomic E-state index is 10.5. The van der Waals surface area contributed by atoms with Gasteiger partial charge in [0, 0.05) is 12.5 Å². The second-order valence-electron chi connectivity index (χ2n) is 3.92. The predicted molar refractivity (Wildman–Crippen MR) is 61.1 cm³/mol. The van der Waals surface area contributed by atoms with Gasteiger partial charge in [-0.25, -0.2) is 0 Å². The van der Waals surface area contributed by atoms with Gasteiger partial charge in [0.25, 0.3) is 0 Å². The van der Waals surface area contributed by atoms with Crippen molar-refractivity contribution >= 4 is 5.97 Å². The molecule has 1 N–H and O–H groups in total. The van der Waals surface area contributed by atoms with E-state index in [-0.39, 0.29) is 12.5 Å². The number of rotatable bonds is 7. The predicted octanol–water partition coefficient (Wildman–Crippen LogP) is 2.35. The number of nitrogens with zero attached hydrogens (tertiary/aromatic N) is 1. The summed E-state index contributed by atoms with van der Waals surface area (Å²) in [7, 11) is 0. The van der Waals surface area contributed by atoms with Gasteiger partial charge in [-0.15, -0.1) is 0 Å². The van der Waals surface area contributed by atoms with Crippen LogP contribution in [0.3, 0.4) is 0 Å². The molecule has 4 nitrogen and oxygen atoms in total. The molecular formula is C12H19NO3. The largest absolute Gasteiger partial charge is 0.481 e. The molecule has 16 heavy (non-hydrogen) atoms. The molecule has 1 aromatic rings. The molecular weight excluding hydrogens is 206 g/mol. The molecule has 0 aromatic carbocycles. The van der Waals surface area contributed by atoms with Gasteiger partial charge in [0.2, 0.25) is 0 Å². The molecule has 0 saturated carbocycles. The fourth-order valence-electron chi connectivity index (χ4n) is 1.70. The van der Waals surface area contributed by atoms with Crippen molar-refractivity contribution in [2.45, 2.75) is 39.3 Å². The monoisotopic (exact) mass is 225 g/mol. The molecule has 0 aliphatic heterocycles. The van der Waals surface area contributed by atoms with Crippen LogP contribution in [0, 0.1) is 0 Å². The number of carboxylic acid groups (broad SMARTS) is 1. The number of hydrogen-bond acceptors (Lipinski definition) is 3. The van der Waals surface area contributed by atoms with Crippen LogP contribution in [0.4, 0.5) is 0 Å². The lowest BCUT2D eigenvalue weighted by Crippen LogP contribution is -2.32. The van der Waals surface area contributed by atoms with E-state index in [1.807, 2.05) is 12.1 Å². The number of furan rings is 1. The molecule has 0 amide bonds. The summed E-state index contributed by atoms with van der Waals surface area (Å²) in [4.78, 5) is 12.7. The molecule has 0 aliphatic rings. The Morgan fingerprint density at radius 1 is 1.62 bits per heavy atom. The summed E-state index contributed by atoms with van der Waals surface area (Å²) in [6.07, 6.45) is 2.55. The van der Waals surface area contributed by atoms with Crippen LogP contribution in [0.5, 0.6) is 0 Å². The van der Waals surface area contributed by atoms with E-state index in [0.717, 1.165) is 18.8 Å². The summed E-state index contributed by atoms with van der Waals surface area (Å²) in [6, 6.07) is 4.06. The minimum atomic E-state index is -0.735. The average molecular weight is 225 g/mol. The van der Waals surface area contributed by atoms with Gasteiger partial charge in [-0.2, -0.15) is 0 Å². The Morgan fingerprint density at radius 3 is 2.88 bits per heavy atom. The third-order valence-corrected chi connectivity index (χ3v) is 2.74. The van der Waals surface area contributed by atoms with Gasteiger partial charge in [-0.1, -0.05) is 6.92 Å².